The van der Waals surface area contributed by atoms with Gasteiger partial charge < -0.3 is 10.5 Å². The number of ether oxygens (including phenoxy) is 1. The van der Waals surface area contributed by atoms with E-state index in [0.29, 0.717) is 18.7 Å². The number of para-hydroxylation sites is 1. The molecule has 0 saturated carbocycles. The Balaban J connectivity index is 1.71. The highest BCUT2D eigenvalue weighted by molar-refractivity contribution is 5.73. The summed E-state index contributed by atoms with van der Waals surface area (Å²) in [5, 5.41) is 0. The zero-order valence-electron chi connectivity index (χ0n) is 10.4. The summed E-state index contributed by atoms with van der Waals surface area (Å²) in [6, 6.07) is 7.67. The summed E-state index contributed by atoms with van der Waals surface area (Å²) in [7, 11) is 0. The van der Waals surface area contributed by atoms with Gasteiger partial charge in [-0.1, -0.05) is 30.0 Å². The van der Waals surface area contributed by atoms with Crippen LogP contribution in [0.15, 0.2) is 36.0 Å². The van der Waals surface area contributed by atoms with Crippen LogP contribution in [0.5, 0.6) is 0 Å². The minimum atomic E-state index is -0.255. The smallest absolute Gasteiger partial charge is 0.414 e. The number of hydrogen-bond acceptors (Lipinski definition) is 3. The van der Waals surface area contributed by atoms with Gasteiger partial charge in [0.25, 0.3) is 0 Å². The van der Waals surface area contributed by atoms with Gasteiger partial charge in [-0.3, -0.25) is 4.90 Å². The van der Waals surface area contributed by atoms with Gasteiger partial charge in [-0.05, 0) is 18.6 Å². The van der Waals surface area contributed by atoms with E-state index in [-0.39, 0.29) is 12.1 Å². The summed E-state index contributed by atoms with van der Waals surface area (Å²) in [5.41, 5.74) is 8.26. The van der Waals surface area contributed by atoms with Crippen molar-refractivity contribution in [2.75, 3.05) is 12.3 Å². The first-order chi connectivity index (χ1) is 9.25. The zero-order valence-corrected chi connectivity index (χ0v) is 10.4. The van der Waals surface area contributed by atoms with Crippen molar-refractivity contribution >= 4 is 11.8 Å². The van der Waals surface area contributed by atoms with Crippen LogP contribution >= 0.6 is 0 Å². The second-order valence-electron chi connectivity index (χ2n) is 4.60. The number of rotatable bonds is 1. The maximum Gasteiger partial charge on any atom is 0.414 e. The average molecular weight is 254 g/mol. The van der Waals surface area contributed by atoms with Gasteiger partial charge in [0, 0.05) is 23.4 Å². The van der Waals surface area contributed by atoms with Crippen molar-refractivity contribution in [3.05, 3.63) is 41.6 Å². The van der Waals surface area contributed by atoms with Gasteiger partial charge in [0.05, 0.1) is 6.04 Å². The lowest BCUT2D eigenvalue weighted by Crippen LogP contribution is -2.27. The Labute approximate surface area is 111 Å². The molecule has 2 aliphatic rings. The van der Waals surface area contributed by atoms with E-state index in [1.165, 1.54) is 0 Å². The number of nitrogens with two attached hydrogens (primary N) is 1. The van der Waals surface area contributed by atoms with E-state index in [9.17, 15) is 4.79 Å². The van der Waals surface area contributed by atoms with Crippen LogP contribution in [0.4, 0.5) is 10.5 Å². The summed E-state index contributed by atoms with van der Waals surface area (Å²) < 4.78 is 5.01. The molecule has 1 fully saturated rings. The monoisotopic (exact) mass is 254 g/mol. The molecule has 0 spiro atoms. The fraction of sp³-hybridized carbons (Fsp3) is 0.267. The molecule has 1 saturated heterocycles. The molecule has 0 bridgehead atoms. The normalized spacial score (nSPS) is 20.4. The van der Waals surface area contributed by atoms with Gasteiger partial charge in [-0.15, -0.1) is 0 Å². The summed E-state index contributed by atoms with van der Waals surface area (Å²) in [6.45, 7) is 0.484. The van der Waals surface area contributed by atoms with Crippen LogP contribution in [-0.4, -0.2) is 23.6 Å². The summed E-state index contributed by atoms with van der Waals surface area (Å²) in [5.74, 6) is 6.11. The first-order valence-corrected chi connectivity index (χ1v) is 6.24. The molecular weight excluding hydrogens is 240 g/mol. The lowest BCUT2D eigenvalue weighted by atomic mass is 10.2. The molecule has 4 nitrogen and oxygen atoms in total. The quantitative estimate of drug-likeness (QED) is 0.617. The van der Waals surface area contributed by atoms with Gasteiger partial charge in [0.15, 0.2) is 0 Å². The standard InChI is InChI=1S/C15H14N2O2/c16-14-7-2-1-4-11(14)5-3-6-12-8-9-13-10-19-15(18)17(12)13/h1-2,4,7-8,13H,6,9-10,16H2. The van der Waals surface area contributed by atoms with E-state index in [4.69, 9.17) is 10.5 Å². The Morgan fingerprint density at radius 1 is 1.42 bits per heavy atom. The second kappa shape index (κ2) is 4.69. The number of hydrogen-bond donors (Lipinski definition) is 1. The van der Waals surface area contributed by atoms with Crippen LogP contribution in [-0.2, 0) is 4.74 Å². The van der Waals surface area contributed by atoms with Crippen LogP contribution in [0, 0.1) is 11.8 Å². The van der Waals surface area contributed by atoms with E-state index in [1.54, 1.807) is 4.90 Å². The van der Waals surface area contributed by atoms with Crippen LogP contribution in [0.1, 0.15) is 18.4 Å². The lowest BCUT2D eigenvalue weighted by Gasteiger charge is -2.14. The minimum absolute atomic E-state index is 0.172. The van der Waals surface area contributed by atoms with Crippen molar-refractivity contribution in [2.24, 2.45) is 0 Å². The van der Waals surface area contributed by atoms with Crippen molar-refractivity contribution < 1.29 is 9.53 Å². The van der Waals surface area contributed by atoms with Gasteiger partial charge in [0.1, 0.15) is 6.61 Å². The molecular formula is C15H14N2O2. The molecule has 1 amide bonds. The van der Waals surface area contributed by atoms with Crippen molar-refractivity contribution in [3.8, 4) is 11.8 Å². The van der Waals surface area contributed by atoms with Crippen LogP contribution < -0.4 is 5.73 Å². The maximum atomic E-state index is 11.5. The molecule has 1 aromatic carbocycles. The Morgan fingerprint density at radius 3 is 3.11 bits per heavy atom. The van der Waals surface area contributed by atoms with Crippen LogP contribution in [0.2, 0.25) is 0 Å². The van der Waals surface area contributed by atoms with Gasteiger partial charge >= 0.3 is 6.09 Å². The van der Waals surface area contributed by atoms with Crippen molar-refractivity contribution in [1.29, 1.82) is 0 Å². The molecule has 0 aromatic heterocycles. The molecule has 0 radical (unpaired) electrons. The number of carbonyl (C=O) groups is 1. The van der Waals surface area contributed by atoms with Gasteiger partial charge in [0.2, 0.25) is 0 Å². The van der Waals surface area contributed by atoms with Crippen molar-refractivity contribution in [2.45, 2.75) is 18.9 Å². The number of benzene rings is 1. The fourth-order valence-electron chi connectivity index (χ4n) is 2.35. The van der Waals surface area contributed by atoms with E-state index < -0.39 is 0 Å². The van der Waals surface area contributed by atoms with E-state index in [2.05, 4.69) is 17.9 Å². The number of nitrogens with zero attached hydrogens (tertiary/aromatic N) is 1. The minimum Gasteiger partial charge on any atom is -0.447 e. The van der Waals surface area contributed by atoms with Gasteiger partial charge in [-0.25, -0.2) is 4.79 Å². The SMILES string of the molecule is Nc1ccccc1C#CCC1=CCC2COC(=O)N12. The first kappa shape index (κ1) is 11.7. The van der Waals surface area contributed by atoms with Crippen molar-refractivity contribution in [1.82, 2.24) is 4.90 Å². The molecule has 2 aliphatic heterocycles. The number of allylic oxidation sites excluding steroid dienone is 1. The molecule has 19 heavy (non-hydrogen) atoms. The fourth-order valence-corrected chi connectivity index (χ4v) is 2.35. The largest absolute Gasteiger partial charge is 0.447 e. The second-order valence-corrected chi connectivity index (χ2v) is 4.60. The van der Waals surface area contributed by atoms with Crippen LogP contribution in [0.3, 0.4) is 0 Å². The number of amides is 1. The molecule has 1 atom stereocenters. The topological polar surface area (TPSA) is 55.6 Å². The third-order valence-electron chi connectivity index (χ3n) is 3.35. The van der Waals surface area contributed by atoms with E-state index in [1.807, 2.05) is 24.3 Å². The number of fused-ring (bicyclic) bond motifs is 1. The Morgan fingerprint density at radius 2 is 2.26 bits per heavy atom. The third kappa shape index (κ3) is 2.15. The molecule has 96 valence electrons. The van der Waals surface area contributed by atoms with E-state index in [0.717, 1.165) is 17.7 Å². The zero-order chi connectivity index (χ0) is 13.2. The predicted molar refractivity (Wildman–Crippen MR) is 72.0 cm³/mol. The average Bonchev–Trinajstić information content (AvgIpc) is 2.96. The third-order valence-corrected chi connectivity index (χ3v) is 3.35. The molecule has 0 aliphatic carbocycles. The molecule has 3 rings (SSSR count). The summed E-state index contributed by atoms with van der Waals surface area (Å²) in [6.07, 6.45) is 3.21. The molecule has 4 heteroatoms. The number of cyclic esters (lactones) is 1. The van der Waals surface area contributed by atoms with Gasteiger partial charge in [-0.2, -0.15) is 0 Å². The first-order valence-electron chi connectivity index (χ1n) is 6.24. The highest BCUT2D eigenvalue weighted by Crippen LogP contribution is 2.29. The predicted octanol–water partition coefficient (Wildman–Crippen LogP) is 2.12. The van der Waals surface area contributed by atoms with E-state index >= 15 is 0 Å². The lowest BCUT2D eigenvalue weighted by molar-refractivity contribution is 0.164. The molecule has 1 unspecified atom stereocenters. The Kier molecular flexibility index (Phi) is 2.88. The number of carbonyl (C=O) groups excluding carboxylic acids is 1. The van der Waals surface area contributed by atoms with Crippen LogP contribution in [0.25, 0.3) is 0 Å². The Hall–Kier alpha value is -2.41. The summed E-state index contributed by atoms with van der Waals surface area (Å²) >= 11 is 0. The number of nitrogen functional groups attached to an aromatic ring is 1. The molecule has 2 heterocycles. The highest BCUT2D eigenvalue weighted by Gasteiger charge is 2.38. The summed E-state index contributed by atoms with van der Waals surface area (Å²) in [4.78, 5) is 13.3. The maximum absolute atomic E-state index is 11.5. The number of anilines is 1. The van der Waals surface area contributed by atoms with Crippen molar-refractivity contribution in [3.63, 3.8) is 0 Å². The molecule has 1 aromatic rings. The highest BCUT2D eigenvalue weighted by atomic mass is 16.6. The Bertz CT molecular complexity index is 610. The molecule has 2 N–H and O–H groups in total.